The molecule has 1 unspecified atom stereocenters. The zero-order valence-electron chi connectivity index (χ0n) is 10.4. The molecule has 0 saturated carbocycles. The van der Waals surface area contributed by atoms with Gasteiger partial charge in [-0.15, -0.1) is 0 Å². The lowest BCUT2D eigenvalue weighted by molar-refractivity contribution is 0.0936. The van der Waals surface area contributed by atoms with Gasteiger partial charge in [-0.05, 0) is 42.2 Å². The van der Waals surface area contributed by atoms with Crippen molar-refractivity contribution in [2.45, 2.75) is 18.9 Å². The summed E-state index contributed by atoms with van der Waals surface area (Å²) < 4.78 is 0.923. The molecule has 1 atom stereocenters. The number of fused-ring (bicyclic) bond motifs is 1. The van der Waals surface area contributed by atoms with E-state index in [0.717, 1.165) is 17.3 Å². The number of nitrogens with one attached hydrogen (secondary N) is 1. The second kappa shape index (κ2) is 5.17. The molecule has 1 aliphatic carbocycles. The SMILES string of the molecule is O=C(NC1CCc2ccccc21)c1cccc(Br)c1. The van der Waals surface area contributed by atoms with Crippen LogP contribution in [0.25, 0.3) is 0 Å². The fraction of sp³-hybridized carbons (Fsp3) is 0.188. The molecule has 3 heteroatoms. The van der Waals surface area contributed by atoms with Crippen LogP contribution in [0.1, 0.15) is 33.9 Å². The molecule has 2 aromatic carbocycles. The highest BCUT2D eigenvalue weighted by Crippen LogP contribution is 2.30. The van der Waals surface area contributed by atoms with Crippen molar-refractivity contribution in [2.75, 3.05) is 0 Å². The Morgan fingerprint density at radius 2 is 2.00 bits per heavy atom. The third-order valence-electron chi connectivity index (χ3n) is 3.52. The van der Waals surface area contributed by atoms with Gasteiger partial charge in [0, 0.05) is 10.0 Å². The average Bonchev–Trinajstić information content (AvgIpc) is 2.82. The highest BCUT2D eigenvalue weighted by Gasteiger charge is 2.23. The summed E-state index contributed by atoms with van der Waals surface area (Å²) in [6, 6.07) is 15.9. The number of carbonyl (C=O) groups excluding carboxylic acids is 1. The van der Waals surface area contributed by atoms with Crippen LogP contribution in [0.2, 0.25) is 0 Å². The summed E-state index contributed by atoms with van der Waals surface area (Å²) in [6.45, 7) is 0. The minimum atomic E-state index is -0.0111. The maximum absolute atomic E-state index is 12.2. The summed E-state index contributed by atoms with van der Waals surface area (Å²) in [7, 11) is 0. The van der Waals surface area contributed by atoms with Gasteiger partial charge < -0.3 is 5.32 Å². The Hall–Kier alpha value is -1.61. The van der Waals surface area contributed by atoms with Crippen LogP contribution in [0, 0.1) is 0 Å². The molecule has 1 amide bonds. The maximum atomic E-state index is 12.2. The normalized spacial score (nSPS) is 17.0. The molecule has 1 aliphatic rings. The molecule has 0 heterocycles. The lowest BCUT2D eigenvalue weighted by Gasteiger charge is -2.14. The van der Waals surface area contributed by atoms with Gasteiger partial charge in [-0.1, -0.05) is 46.3 Å². The first-order valence-electron chi connectivity index (χ1n) is 6.38. The zero-order valence-corrected chi connectivity index (χ0v) is 12.0. The summed E-state index contributed by atoms with van der Waals surface area (Å²) in [5.41, 5.74) is 3.30. The van der Waals surface area contributed by atoms with Crippen LogP contribution in [0.15, 0.2) is 53.0 Å². The van der Waals surface area contributed by atoms with Gasteiger partial charge in [0.2, 0.25) is 0 Å². The fourth-order valence-corrected chi connectivity index (χ4v) is 2.98. The van der Waals surface area contributed by atoms with Crippen molar-refractivity contribution in [3.05, 3.63) is 69.7 Å². The van der Waals surface area contributed by atoms with Crippen molar-refractivity contribution in [1.82, 2.24) is 5.32 Å². The molecule has 0 aromatic heterocycles. The van der Waals surface area contributed by atoms with Gasteiger partial charge in [0.05, 0.1) is 6.04 Å². The number of hydrogen-bond donors (Lipinski definition) is 1. The minimum Gasteiger partial charge on any atom is -0.345 e. The molecule has 3 rings (SSSR count). The molecule has 19 heavy (non-hydrogen) atoms. The molecule has 1 N–H and O–H groups in total. The van der Waals surface area contributed by atoms with E-state index in [0.29, 0.717) is 5.56 Å². The molecule has 0 fully saturated rings. The van der Waals surface area contributed by atoms with Crippen molar-refractivity contribution in [3.63, 3.8) is 0 Å². The van der Waals surface area contributed by atoms with E-state index in [9.17, 15) is 4.79 Å². The number of aryl methyl sites for hydroxylation is 1. The number of carbonyl (C=O) groups is 1. The first-order valence-corrected chi connectivity index (χ1v) is 7.17. The van der Waals surface area contributed by atoms with Crippen LogP contribution in [-0.2, 0) is 6.42 Å². The van der Waals surface area contributed by atoms with Crippen LogP contribution < -0.4 is 5.32 Å². The molecular formula is C16H14BrNO. The van der Waals surface area contributed by atoms with Crippen molar-refractivity contribution in [2.24, 2.45) is 0 Å². The van der Waals surface area contributed by atoms with Gasteiger partial charge in [-0.2, -0.15) is 0 Å². The molecule has 0 saturated heterocycles. The smallest absolute Gasteiger partial charge is 0.251 e. The summed E-state index contributed by atoms with van der Waals surface area (Å²) in [5, 5.41) is 3.12. The second-order valence-corrected chi connectivity index (χ2v) is 5.69. The Kier molecular flexibility index (Phi) is 3.38. The summed E-state index contributed by atoms with van der Waals surface area (Å²) in [6.07, 6.45) is 2.03. The lowest BCUT2D eigenvalue weighted by atomic mass is 10.1. The van der Waals surface area contributed by atoms with E-state index in [1.165, 1.54) is 11.1 Å². The van der Waals surface area contributed by atoms with Crippen molar-refractivity contribution >= 4 is 21.8 Å². The van der Waals surface area contributed by atoms with E-state index in [2.05, 4.69) is 39.4 Å². The maximum Gasteiger partial charge on any atom is 0.251 e. The van der Waals surface area contributed by atoms with E-state index in [1.54, 1.807) is 0 Å². The Morgan fingerprint density at radius 1 is 1.16 bits per heavy atom. The molecule has 2 aromatic rings. The van der Waals surface area contributed by atoms with Crippen LogP contribution in [0.5, 0.6) is 0 Å². The van der Waals surface area contributed by atoms with E-state index in [-0.39, 0.29) is 11.9 Å². The summed E-state index contributed by atoms with van der Waals surface area (Å²) in [5.74, 6) is -0.0111. The number of halogens is 1. The van der Waals surface area contributed by atoms with Gasteiger partial charge in [0.25, 0.3) is 5.91 Å². The molecule has 2 nitrogen and oxygen atoms in total. The standard InChI is InChI=1S/C16H14BrNO/c17-13-6-3-5-12(10-13)16(19)18-15-9-8-11-4-1-2-7-14(11)15/h1-7,10,15H,8-9H2,(H,18,19). The van der Waals surface area contributed by atoms with E-state index in [1.807, 2.05) is 30.3 Å². The number of benzene rings is 2. The molecule has 0 spiro atoms. The highest BCUT2D eigenvalue weighted by atomic mass is 79.9. The summed E-state index contributed by atoms with van der Waals surface area (Å²) in [4.78, 5) is 12.2. The van der Waals surface area contributed by atoms with E-state index < -0.39 is 0 Å². The topological polar surface area (TPSA) is 29.1 Å². The third-order valence-corrected chi connectivity index (χ3v) is 4.02. The largest absolute Gasteiger partial charge is 0.345 e. The summed E-state index contributed by atoms with van der Waals surface area (Å²) >= 11 is 3.39. The highest BCUT2D eigenvalue weighted by molar-refractivity contribution is 9.10. The van der Waals surface area contributed by atoms with E-state index in [4.69, 9.17) is 0 Å². The van der Waals surface area contributed by atoms with Crippen molar-refractivity contribution in [3.8, 4) is 0 Å². The first kappa shape index (κ1) is 12.4. The first-order chi connectivity index (χ1) is 9.24. The third kappa shape index (κ3) is 2.56. The van der Waals surface area contributed by atoms with Crippen LogP contribution in [0.3, 0.4) is 0 Å². The van der Waals surface area contributed by atoms with Crippen LogP contribution in [0.4, 0.5) is 0 Å². The zero-order chi connectivity index (χ0) is 13.2. The molecule has 0 radical (unpaired) electrons. The molecule has 0 bridgehead atoms. The Morgan fingerprint density at radius 3 is 2.84 bits per heavy atom. The fourth-order valence-electron chi connectivity index (χ4n) is 2.58. The Bertz CT molecular complexity index is 624. The predicted octanol–water partition coefficient (Wildman–Crippen LogP) is 3.87. The van der Waals surface area contributed by atoms with Gasteiger partial charge in [0.1, 0.15) is 0 Å². The Balaban J connectivity index is 1.78. The number of hydrogen-bond acceptors (Lipinski definition) is 1. The van der Waals surface area contributed by atoms with Gasteiger partial charge in [-0.25, -0.2) is 0 Å². The van der Waals surface area contributed by atoms with Crippen molar-refractivity contribution < 1.29 is 4.79 Å². The lowest BCUT2D eigenvalue weighted by Crippen LogP contribution is -2.27. The average molecular weight is 316 g/mol. The van der Waals surface area contributed by atoms with Gasteiger partial charge in [0.15, 0.2) is 0 Å². The quantitative estimate of drug-likeness (QED) is 0.895. The number of amides is 1. The minimum absolute atomic E-state index is 0.0111. The monoisotopic (exact) mass is 315 g/mol. The van der Waals surface area contributed by atoms with Crippen molar-refractivity contribution in [1.29, 1.82) is 0 Å². The second-order valence-electron chi connectivity index (χ2n) is 4.77. The van der Waals surface area contributed by atoms with Crippen LogP contribution >= 0.6 is 15.9 Å². The van der Waals surface area contributed by atoms with Gasteiger partial charge in [-0.3, -0.25) is 4.79 Å². The molecular weight excluding hydrogens is 302 g/mol. The molecule has 96 valence electrons. The molecule has 0 aliphatic heterocycles. The number of rotatable bonds is 2. The van der Waals surface area contributed by atoms with E-state index >= 15 is 0 Å². The van der Waals surface area contributed by atoms with Crippen LogP contribution in [-0.4, -0.2) is 5.91 Å². The predicted molar refractivity (Wildman–Crippen MR) is 79.1 cm³/mol. The van der Waals surface area contributed by atoms with Gasteiger partial charge >= 0.3 is 0 Å². The Labute approximate surface area is 121 Å².